The van der Waals surface area contributed by atoms with E-state index in [2.05, 4.69) is 4.90 Å². The van der Waals surface area contributed by atoms with Gasteiger partial charge in [-0.05, 0) is 50.0 Å². The van der Waals surface area contributed by atoms with Crippen LogP contribution in [0.4, 0.5) is 0 Å². The van der Waals surface area contributed by atoms with Crippen LogP contribution < -0.4 is 0 Å². The molecule has 0 bridgehead atoms. The smallest absolute Gasteiger partial charge is 0.308 e. The Labute approximate surface area is 168 Å². The molecule has 0 spiro atoms. The Hall–Kier alpha value is -2.38. The van der Waals surface area contributed by atoms with Crippen LogP contribution in [-0.2, 0) is 19.1 Å². The third-order valence-electron chi connectivity index (χ3n) is 7.40. The summed E-state index contributed by atoms with van der Waals surface area (Å²) >= 11 is 0. The quantitative estimate of drug-likeness (QED) is 0.647. The van der Waals surface area contributed by atoms with Crippen LogP contribution >= 0.6 is 0 Å². The molecule has 2 aliphatic carbocycles. The van der Waals surface area contributed by atoms with Gasteiger partial charge in [-0.3, -0.25) is 9.59 Å². The standard InChI is InChI=1S/C22H23NO6/c1-8(24)11-4-5-12-10-3-6-13(25)18-17(10)20(23(11)12)19-16(21(18)27)9(2)28-14-7-15(26)29-22(14)19/h3,6,8-9,11,14,19-20,22,24,27H,4-5,7H2,1-2H3/t8-,9+,11-,14+,19?,20?,22?/m0/s1. The minimum atomic E-state index is -0.542. The second-order valence-corrected chi connectivity index (χ2v) is 8.85. The van der Waals surface area contributed by atoms with Gasteiger partial charge in [-0.15, -0.1) is 0 Å². The molecular formula is C22H23NO6. The Morgan fingerprint density at radius 1 is 1.28 bits per heavy atom. The van der Waals surface area contributed by atoms with Crippen molar-refractivity contribution in [1.82, 2.24) is 4.90 Å². The monoisotopic (exact) mass is 397 g/mol. The highest BCUT2D eigenvalue weighted by atomic mass is 16.6. The Kier molecular flexibility index (Phi) is 3.38. The zero-order valence-corrected chi connectivity index (χ0v) is 16.3. The van der Waals surface area contributed by atoms with Crippen molar-refractivity contribution in [1.29, 1.82) is 0 Å². The normalized spacial score (nSPS) is 40.9. The van der Waals surface area contributed by atoms with Crippen LogP contribution in [0.25, 0.3) is 0 Å². The van der Waals surface area contributed by atoms with Gasteiger partial charge in [0.25, 0.3) is 0 Å². The predicted molar refractivity (Wildman–Crippen MR) is 101 cm³/mol. The highest BCUT2D eigenvalue weighted by Crippen LogP contribution is 2.57. The summed E-state index contributed by atoms with van der Waals surface area (Å²) in [4.78, 5) is 27.1. The number of ether oxygens (including phenoxy) is 2. The molecule has 0 saturated carbocycles. The molecule has 4 aliphatic heterocycles. The lowest BCUT2D eigenvalue weighted by Gasteiger charge is -2.48. The van der Waals surface area contributed by atoms with Crippen molar-refractivity contribution in [3.8, 4) is 0 Å². The summed E-state index contributed by atoms with van der Waals surface area (Å²) in [6.07, 6.45) is 3.35. The molecule has 7 heteroatoms. The summed E-state index contributed by atoms with van der Waals surface area (Å²) in [6.45, 7) is 3.64. The fraction of sp³-hybridized carbons (Fsp3) is 0.545. The minimum Gasteiger partial charge on any atom is -0.507 e. The molecule has 0 radical (unpaired) electrons. The predicted octanol–water partition coefficient (Wildman–Crippen LogP) is 1.45. The summed E-state index contributed by atoms with van der Waals surface area (Å²) in [5.41, 5.74) is 3.86. The first-order valence-corrected chi connectivity index (χ1v) is 10.3. The van der Waals surface area contributed by atoms with E-state index in [0.717, 1.165) is 29.7 Å². The van der Waals surface area contributed by atoms with Gasteiger partial charge >= 0.3 is 5.97 Å². The first-order chi connectivity index (χ1) is 13.9. The highest BCUT2D eigenvalue weighted by molar-refractivity contribution is 6.11. The average Bonchev–Trinajstić information content (AvgIpc) is 3.32. The second kappa shape index (κ2) is 5.61. The van der Waals surface area contributed by atoms with E-state index in [9.17, 15) is 19.8 Å². The zero-order chi connectivity index (χ0) is 20.2. The van der Waals surface area contributed by atoms with Crippen molar-refractivity contribution in [3.05, 3.63) is 45.9 Å². The maximum Gasteiger partial charge on any atom is 0.308 e. The van der Waals surface area contributed by atoms with Crippen LogP contribution in [0.2, 0.25) is 0 Å². The first kappa shape index (κ1) is 17.5. The number of ketones is 1. The molecule has 6 rings (SSSR count). The number of nitrogens with zero attached hydrogens (tertiary/aromatic N) is 1. The summed E-state index contributed by atoms with van der Waals surface area (Å²) < 4.78 is 11.7. The molecule has 0 aromatic carbocycles. The van der Waals surface area contributed by atoms with E-state index in [1.165, 1.54) is 6.08 Å². The van der Waals surface area contributed by atoms with Crippen molar-refractivity contribution in [2.75, 3.05) is 0 Å². The molecule has 0 aromatic heterocycles. The van der Waals surface area contributed by atoms with Crippen LogP contribution in [0.1, 0.15) is 33.1 Å². The molecule has 3 unspecified atom stereocenters. The Morgan fingerprint density at radius 2 is 2.07 bits per heavy atom. The van der Waals surface area contributed by atoms with Crippen molar-refractivity contribution in [2.45, 2.75) is 69.6 Å². The number of carbonyl (C=O) groups is 2. The number of carbonyl (C=O) groups excluding carboxylic acids is 2. The molecule has 7 atom stereocenters. The van der Waals surface area contributed by atoms with Crippen LogP contribution in [0.3, 0.4) is 0 Å². The van der Waals surface area contributed by atoms with E-state index in [1.807, 2.05) is 13.0 Å². The van der Waals surface area contributed by atoms with Gasteiger partial charge in [-0.25, -0.2) is 0 Å². The Bertz CT molecular complexity index is 985. The maximum atomic E-state index is 12.8. The topological polar surface area (TPSA) is 96.3 Å². The summed E-state index contributed by atoms with van der Waals surface area (Å²) in [7, 11) is 0. The van der Waals surface area contributed by atoms with Crippen molar-refractivity contribution < 1.29 is 29.3 Å². The molecule has 4 heterocycles. The fourth-order valence-corrected chi connectivity index (χ4v) is 6.38. The van der Waals surface area contributed by atoms with E-state index in [-0.39, 0.29) is 48.0 Å². The van der Waals surface area contributed by atoms with Crippen molar-refractivity contribution in [2.24, 2.45) is 5.92 Å². The Morgan fingerprint density at radius 3 is 2.83 bits per heavy atom. The maximum absolute atomic E-state index is 12.8. The molecule has 6 aliphatic rings. The van der Waals surface area contributed by atoms with E-state index < -0.39 is 18.3 Å². The fourth-order valence-electron chi connectivity index (χ4n) is 6.38. The van der Waals surface area contributed by atoms with Gasteiger partial charge in [0.15, 0.2) is 5.78 Å². The number of esters is 1. The number of aliphatic hydroxyl groups is 2. The van der Waals surface area contributed by atoms with E-state index >= 15 is 0 Å². The number of rotatable bonds is 1. The lowest BCUT2D eigenvalue weighted by molar-refractivity contribution is -0.148. The SMILES string of the molecule is C[C@H](O)[C@@H]1CCC2=C3C=CC(=O)C4=C3C(C3C(=C4O)[C@@H](C)O[C@@H]4CC(=O)OC34)N21. The molecule has 3 fully saturated rings. The van der Waals surface area contributed by atoms with Gasteiger partial charge < -0.3 is 24.6 Å². The summed E-state index contributed by atoms with van der Waals surface area (Å²) in [5.74, 6) is -0.852. The lowest BCUT2D eigenvalue weighted by Crippen LogP contribution is -2.56. The molecule has 0 amide bonds. The van der Waals surface area contributed by atoms with Crippen LogP contribution in [0.15, 0.2) is 45.9 Å². The number of hydrogen-bond donors (Lipinski definition) is 2. The van der Waals surface area contributed by atoms with Gasteiger partial charge in [0, 0.05) is 11.3 Å². The molecule has 152 valence electrons. The minimum absolute atomic E-state index is 0.0302. The molecular weight excluding hydrogens is 374 g/mol. The van der Waals surface area contributed by atoms with Gasteiger partial charge in [-0.1, -0.05) is 0 Å². The van der Waals surface area contributed by atoms with Gasteiger partial charge in [0.05, 0.1) is 42.2 Å². The van der Waals surface area contributed by atoms with Gasteiger partial charge in [0.1, 0.15) is 18.0 Å². The highest BCUT2D eigenvalue weighted by Gasteiger charge is 2.60. The van der Waals surface area contributed by atoms with Crippen molar-refractivity contribution in [3.63, 3.8) is 0 Å². The van der Waals surface area contributed by atoms with E-state index in [0.29, 0.717) is 11.1 Å². The largest absolute Gasteiger partial charge is 0.507 e. The lowest BCUT2D eigenvalue weighted by atomic mass is 9.68. The van der Waals surface area contributed by atoms with E-state index in [4.69, 9.17) is 9.47 Å². The molecule has 2 N–H and O–H groups in total. The summed E-state index contributed by atoms with van der Waals surface area (Å²) in [5, 5.41) is 21.7. The molecule has 3 saturated heterocycles. The third kappa shape index (κ3) is 2.04. The number of aliphatic hydroxyl groups excluding tert-OH is 2. The number of allylic oxidation sites excluding steroid dienone is 4. The first-order valence-electron chi connectivity index (χ1n) is 10.3. The molecule has 29 heavy (non-hydrogen) atoms. The number of hydrogen-bond acceptors (Lipinski definition) is 7. The third-order valence-corrected chi connectivity index (χ3v) is 7.40. The zero-order valence-electron chi connectivity index (χ0n) is 16.3. The van der Waals surface area contributed by atoms with Crippen LogP contribution in [-0.4, -0.2) is 63.4 Å². The molecule has 7 nitrogen and oxygen atoms in total. The van der Waals surface area contributed by atoms with E-state index in [1.54, 1.807) is 6.92 Å². The molecule has 0 aromatic rings. The number of fused-ring (bicyclic) bond motifs is 6. The van der Waals surface area contributed by atoms with Gasteiger partial charge in [0.2, 0.25) is 0 Å². The van der Waals surface area contributed by atoms with Crippen LogP contribution in [0.5, 0.6) is 0 Å². The van der Waals surface area contributed by atoms with Crippen LogP contribution in [0, 0.1) is 5.92 Å². The second-order valence-electron chi connectivity index (χ2n) is 8.85. The Balaban J connectivity index is 1.60. The average molecular weight is 397 g/mol. The van der Waals surface area contributed by atoms with Crippen molar-refractivity contribution >= 4 is 11.8 Å². The van der Waals surface area contributed by atoms with Gasteiger partial charge in [-0.2, -0.15) is 0 Å². The summed E-state index contributed by atoms with van der Waals surface area (Å²) in [6, 6.07) is -0.331.